The van der Waals surface area contributed by atoms with Crippen LogP contribution in [-0.4, -0.2) is 46.3 Å². The van der Waals surface area contributed by atoms with Crippen molar-refractivity contribution < 1.29 is 24.2 Å². The maximum atomic E-state index is 12.9. The van der Waals surface area contributed by atoms with E-state index in [1.165, 1.54) is 12.0 Å². The molecule has 0 bridgehead atoms. The van der Waals surface area contributed by atoms with E-state index in [-0.39, 0.29) is 18.2 Å². The molecule has 0 radical (unpaired) electrons. The van der Waals surface area contributed by atoms with E-state index in [1.54, 1.807) is 13.8 Å². The van der Waals surface area contributed by atoms with Crippen LogP contribution in [0, 0.1) is 26.1 Å². The molecule has 1 aromatic carbocycles. The molecule has 0 saturated heterocycles. The minimum atomic E-state index is -0.797. The Morgan fingerprint density at radius 2 is 1.62 bits per heavy atom. The molecule has 0 fully saturated rings. The summed E-state index contributed by atoms with van der Waals surface area (Å²) >= 11 is 0. The lowest BCUT2D eigenvalue weighted by Gasteiger charge is -2.30. The van der Waals surface area contributed by atoms with Crippen LogP contribution < -0.4 is 0 Å². The number of hydrogen-bond donors (Lipinski definition) is 0. The summed E-state index contributed by atoms with van der Waals surface area (Å²) in [5.41, 5.74) is -1.27. The molecule has 10 heteroatoms. The van der Waals surface area contributed by atoms with Gasteiger partial charge in [0.2, 0.25) is 0 Å². The molecule has 0 aliphatic carbocycles. The predicted octanol–water partition coefficient (Wildman–Crippen LogP) is 2.55. The number of ether oxygens (including phenoxy) is 1. The van der Waals surface area contributed by atoms with E-state index in [0.29, 0.717) is 6.42 Å². The van der Waals surface area contributed by atoms with Crippen LogP contribution in [0.25, 0.3) is 0 Å². The monoisotopic (exact) mass is 367 g/mol. The third-order valence-corrected chi connectivity index (χ3v) is 4.03. The van der Waals surface area contributed by atoms with Crippen molar-refractivity contribution in [1.29, 1.82) is 0 Å². The Labute approximate surface area is 150 Å². The van der Waals surface area contributed by atoms with Crippen LogP contribution in [0.2, 0.25) is 0 Å². The molecule has 0 saturated carbocycles. The Bertz CT molecular complexity index is 688. The van der Waals surface area contributed by atoms with E-state index in [4.69, 9.17) is 0 Å². The number of carbonyl (C=O) groups is 2. The number of rotatable bonds is 8. The zero-order valence-corrected chi connectivity index (χ0v) is 15.0. The van der Waals surface area contributed by atoms with Gasteiger partial charge in [0.15, 0.2) is 0 Å². The van der Waals surface area contributed by atoms with E-state index in [0.717, 1.165) is 18.2 Å². The van der Waals surface area contributed by atoms with Gasteiger partial charge in [-0.05, 0) is 13.3 Å². The number of nitro benzene ring substituents is 2. The summed E-state index contributed by atoms with van der Waals surface area (Å²) in [5.74, 6) is -1.75. The molecular formula is C16H21N3O7. The third-order valence-electron chi connectivity index (χ3n) is 4.03. The Hall–Kier alpha value is -3.04. The minimum absolute atomic E-state index is 0.0248. The number of esters is 1. The molecule has 0 heterocycles. The van der Waals surface area contributed by atoms with Gasteiger partial charge in [-0.1, -0.05) is 13.8 Å². The first-order valence-electron chi connectivity index (χ1n) is 7.95. The van der Waals surface area contributed by atoms with Crippen molar-refractivity contribution in [2.45, 2.75) is 33.2 Å². The van der Waals surface area contributed by atoms with Gasteiger partial charge in [0.25, 0.3) is 17.3 Å². The van der Waals surface area contributed by atoms with Crippen LogP contribution in [0.4, 0.5) is 11.4 Å². The van der Waals surface area contributed by atoms with Gasteiger partial charge in [-0.25, -0.2) is 0 Å². The third kappa shape index (κ3) is 4.98. The molecule has 1 aromatic rings. The number of nitro groups is 2. The van der Waals surface area contributed by atoms with Crippen LogP contribution in [0.15, 0.2) is 18.2 Å². The molecule has 0 aromatic heterocycles. The summed E-state index contributed by atoms with van der Waals surface area (Å²) in [6.07, 6.45) is 0.566. The Morgan fingerprint density at radius 1 is 1.12 bits per heavy atom. The fraction of sp³-hybridized carbons (Fsp3) is 0.500. The van der Waals surface area contributed by atoms with Crippen LogP contribution in [0.5, 0.6) is 0 Å². The maximum absolute atomic E-state index is 12.9. The molecule has 0 aliphatic rings. The van der Waals surface area contributed by atoms with Crippen molar-refractivity contribution in [3.05, 3.63) is 44.0 Å². The number of methoxy groups -OCH3 is 1. The average Bonchev–Trinajstić information content (AvgIpc) is 2.63. The van der Waals surface area contributed by atoms with Gasteiger partial charge in [0.1, 0.15) is 0 Å². The number of nitrogens with zero attached hydrogens (tertiary/aromatic N) is 3. The highest BCUT2D eigenvalue weighted by Gasteiger charge is 2.28. The van der Waals surface area contributed by atoms with E-state index in [1.807, 2.05) is 6.92 Å². The minimum Gasteiger partial charge on any atom is -0.469 e. The highest BCUT2D eigenvalue weighted by Crippen LogP contribution is 2.25. The lowest BCUT2D eigenvalue weighted by Crippen LogP contribution is -2.42. The molecule has 0 spiro atoms. The molecule has 26 heavy (non-hydrogen) atoms. The van der Waals surface area contributed by atoms with Gasteiger partial charge in [-0.15, -0.1) is 0 Å². The summed E-state index contributed by atoms with van der Waals surface area (Å²) in [6, 6.07) is 2.50. The normalized spacial score (nSPS) is 12.8. The zero-order chi connectivity index (χ0) is 20.0. The Morgan fingerprint density at radius 3 is 2.00 bits per heavy atom. The van der Waals surface area contributed by atoms with Gasteiger partial charge < -0.3 is 9.64 Å². The van der Waals surface area contributed by atoms with Crippen molar-refractivity contribution in [3.8, 4) is 0 Å². The molecule has 1 rings (SSSR count). The fourth-order valence-corrected chi connectivity index (χ4v) is 2.35. The Kier molecular flexibility index (Phi) is 7.17. The van der Waals surface area contributed by atoms with Crippen molar-refractivity contribution in [3.63, 3.8) is 0 Å². The van der Waals surface area contributed by atoms with Gasteiger partial charge >= 0.3 is 5.97 Å². The summed E-state index contributed by atoms with van der Waals surface area (Å²) in [4.78, 5) is 46.3. The van der Waals surface area contributed by atoms with E-state index >= 15 is 0 Å². The average molecular weight is 367 g/mol. The first kappa shape index (κ1) is 21.0. The van der Waals surface area contributed by atoms with E-state index < -0.39 is 39.0 Å². The van der Waals surface area contributed by atoms with Crippen LogP contribution in [0.1, 0.15) is 37.6 Å². The van der Waals surface area contributed by atoms with Crippen molar-refractivity contribution >= 4 is 23.3 Å². The standard InChI is InChI=1S/C16H21N3O7/c1-5-11(3)17(9-10(2)16(21)26-4)15(20)12-6-13(18(22)23)8-14(7-12)19(24)25/h6-8,10-11H,5,9H2,1-4H3. The topological polar surface area (TPSA) is 133 Å². The summed E-state index contributed by atoms with van der Waals surface area (Å²) in [6.45, 7) is 5.21. The molecule has 2 unspecified atom stereocenters. The van der Waals surface area contributed by atoms with Gasteiger partial charge in [0.05, 0.1) is 34.5 Å². The van der Waals surface area contributed by atoms with Crippen LogP contribution >= 0.6 is 0 Å². The SMILES string of the molecule is CCC(C)N(CC(C)C(=O)OC)C(=O)c1cc([N+](=O)[O-])cc([N+](=O)[O-])c1. The maximum Gasteiger partial charge on any atom is 0.310 e. The molecule has 142 valence electrons. The lowest BCUT2D eigenvalue weighted by molar-refractivity contribution is -0.394. The second kappa shape index (κ2) is 8.88. The first-order valence-corrected chi connectivity index (χ1v) is 7.95. The van der Waals surface area contributed by atoms with Crippen molar-refractivity contribution in [2.75, 3.05) is 13.7 Å². The second-order valence-electron chi connectivity index (χ2n) is 5.89. The first-order chi connectivity index (χ1) is 12.1. The predicted molar refractivity (Wildman–Crippen MR) is 91.7 cm³/mol. The number of hydrogen-bond acceptors (Lipinski definition) is 7. The zero-order valence-electron chi connectivity index (χ0n) is 15.0. The number of non-ortho nitro benzene ring substituents is 2. The van der Waals surface area contributed by atoms with E-state index in [9.17, 15) is 29.8 Å². The van der Waals surface area contributed by atoms with Crippen molar-refractivity contribution in [1.82, 2.24) is 4.90 Å². The summed E-state index contributed by atoms with van der Waals surface area (Å²) in [7, 11) is 1.23. The molecule has 2 atom stereocenters. The highest BCUT2D eigenvalue weighted by molar-refractivity contribution is 5.96. The summed E-state index contributed by atoms with van der Waals surface area (Å²) in [5, 5.41) is 22.0. The van der Waals surface area contributed by atoms with Crippen LogP contribution in [0.3, 0.4) is 0 Å². The lowest BCUT2D eigenvalue weighted by atomic mass is 10.1. The molecule has 0 N–H and O–H groups in total. The smallest absolute Gasteiger partial charge is 0.310 e. The quantitative estimate of drug-likeness (QED) is 0.391. The number of benzene rings is 1. The number of carbonyl (C=O) groups excluding carboxylic acids is 2. The van der Waals surface area contributed by atoms with Gasteiger partial charge in [-0.3, -0.25) is 29.8 Å². The molecular weight excluding hydrogens is 346 g/mol. The Balaban J connectivity index is 3.31. The highest BCUT2D eigenvalue weighted by atomic mass is 16.6. The van der Waals surface area contributed by atoms with Crippen molar-refractivity contribution in [2.24, 2.45) is 5.92 Å². The van der Waals surface area contributed by atoms with Gasteiger partial charge in [0, 0.05) is 24.7 Å². The molecule has 0 aliphatic heterocycles. The fourth-order valence-electron chi connectivity index (χ4n) is 2.35. The largest absolute Gasteiger partial charge is 0.469 e. The van der Waals surface area contributed by atoms with E-state index in [2.05, 4.69) is 4.74 Å². The number of amides is 1. The second-order valence-corrected chi connectivity index (χ2v) is 5.89. The molecule has 1 amide bonds. The van der Waals surface area contributed by atoms with Gasteiger partial charge in [-0.2, -0.15) is 0 Å². The molecule has 10 nitrogen and oxygen atoms in total. The van der Waals surface area contributed by atoms with Crippen LogP contribution in [-0.2, 0) is 9.53 Å². The summed E-state index contributed by atoms with van der Waals surface area (Å²) < 4.78 is 4.66.